The zero-order chi connectivity index (χ0) is 12.9. The third-order valence-corrected chi connectivity index (χ3v) is 2.85. The van der Waals surface area contributed by atoms with Crippen molar-refractivity contribution in [3.63, 3.8) is 0 Å². The molecular formula is C14H19FN2. The Labute approximate surface area is 102 Å². The molecule has 1 N–H and O–H groups in total. The van der Waals surface area contributed by atoms with Crippen molar-refractivity contribution in [2.24, 2.45) is 5.41 Å². The van der Waals surface area contributed by atoms with Crippen LogP contribution < -0.4 is 5.32 Å². The Morgan fingerprint density at radius 1 is 1.47 bits per heavy atom. The van der Waals surface area contributed by atoms with Crippen molar-refractivity contribution >= 4 is 0 Å². The van der Waals surface area contributed by atoms with E-state index in [1.54, 1.807) is 6.07 Å². The van der Waals surface area contributed by atoms with Crippen LogP contribution in [0.3, 0.4) is 0 Å². The number of benzene rings is 1. The summed E-state index contributed by atoms with van der Waals surface area (Å²) in [5, 5.41) is 12.2. The summed E-state index contributed by atoms with van der Waals surface area (Å²) in [7, 11) is 0. The molecule has 0 aromatic heterocycles. The van der Waals surface area contributed by atoms with E-state index in [9.17, 15) is 4.39 Å². The molecule has 0 radical (unpaired) electrons. The monoisotopic (exact) mass is 234 g/mol. The molecule has 17 heavy (non-hydrogen) atoms. The van der Waals surface area contributed by atoms with Gasteiger partial charge in [-0.3, -0.25) is 0 Å². The molecule has 0 heterocycles. The molecule has 0 fully saturated rings. The van der Waals surface area contributed by atoms with E-state index >= 15 is 0 Å². The van der Waals surface area contributed by atoms with Crippen LogP contribution in [0.5, 0.6) is 0 Å². The highest BCUT2D eigenvalue weighted by Crippen LogP contribution is 2.19. The zero-order valence-electron chi connectivity index (χ0n) is 10.6. The van der Waals surface area contributed by atoms with E-state index < -0.39 is 0 Å². The molecule has 0 saturated heterocycles. The molecule has 92 valence electrons. The van der Waals surface area contributed by atoms with Crippen LogP contribution in [0.2, 0.25) is 0 Å². The molecular weight excluding hydrogens is 215 g/mol. The van der Waals surface area contributed by atoms with E-state index in [2.05, 4.69) is 11.4 Å². The second-order valence-corrected chi connectivity index (χ2v) is 4.98. The Hall–Kier alpha value is -1.40. The Balaban J connectivity index is 2.46. The average molecular weight is 234 g/mol. The SMILES string of the molecule is C[C@H](NCCC(C)(C)C#N)c1cccc(F)c1. The summed E-state index contributed by atoms with van der Waals surface area (Å²) >= 11 is 0. The van der Waals surface area contributed by atoms with Crippen molar-refractivity contribution in [2.45, 2.75) is 33.2 Å². The molecule has 0 aliphatic rings. The Morgan fingerprint density at radius 3 is 2.76 bits per heavy atom. The van der Waals surface area contributed by atoms with Crippen molar-refractivity contribution in [3.8, 4) is 6.07 Å². The van der Waals surface area contributed by atoms with Crippen molar-refractivity contribution in [1.82, 2.24) is 5.32 Å². The van der Waals surface area contributed by atoms with Crippen LogP contribution in [-0.4, -0.2) is 6.54 Å². The number of nitrogens with one attached hydrogen (secondary N) is 1. The quantitative estimate of drug-likeness (QED) is 0.847. The first-order chi connectivity index (χ1) is 7.94. The third kappa shape index (κ3) is 4.54. The van der Waals surface area contributed by atoms with Crippen LogP contribution in [0.4, 0.5) is 4.39 Å². The van der Waals surface area contributed by atoms with Crippen LogP contribution >= 0.6 is 0 Å². The maximum absolute atomic E-state index is 13.0. The van der Waals surface area contributed by atoms with Crippen molar-refractivity contribution in [2.75, 3.05) is 6.54 Å². The van der Waals surface area contributed by atoms with Gasteiger partial charge in [-0.2, -0.15) is 5.26 Å². The second kappa shape index (κ2) is 5.79. The van der Waals surface area contributed by atoms with E-state index in [0.717, 1.165) is 18.5 Å². The largest absolute Gasteiger partial charge is 0.310 e. The number of nitrogens with zero attached hydrogens (tertiary/aromatic N) is 1. The van der Waals surface area contributed by atoms with Crippen LogP contribution in [0.1, 0.15) is 38.8 Å². The summed E-state index contributed by atoms with van der Waals surface area (Å²) < 4.78 is 13.0. The van der Waals surface area contributed by atoms with Crippen LogP contribution in [0.25, 0.3) is 0 Å². The van der Waals surface area contributed by atoms with Crippen LogP contribution in [0, 0.1) is 22.6 Å². The topological polar surface area (TPSA) is 35.8 Å². The minimum atomic E-state index is -0.311. The standard InChI is InChI=1S/C14H19FN2/c1-11(12-5-4-6-13(15)9-12)17-8-7-14(2,3)10-16/h4-6,9,11,17H,7-8H2,1-3H3/t11-/m0/s1. The van der Waals surface area contributed by atoms with Gasteiger partial charge in [0.05, 0.1) is 11.5 Å². The van der Waals surface area contributed by atoms with Gasteiger partial charge in [0, 0.05) is 6.04 Å². The molecule has 0 spiro atoms. The molecule has 1 rings (SSSR count). The summed E-state index contributed by atoms with van der Waals surface area (Å²) in [6, 6.07) is 8.95. The fourth-order valence-electron chi connectivity index (χ4n) is 1.55. The Morgan fingerprint density at radius 2 is 2.18 bits per heavy atom. The van der Waals surface area contributed by atoms with Crippen molar-refractivity contribution in [1.29, 1.82) is 5.26 Å². The summed E-state index contributed by atoms with van der Waals surface area (Å²) in [5.41, 5.74) is 0.619. The molecule has 0 amide bonds. The summed E-state index contributed by atoms with van der Waals surface area (Å²) in [6.45, 7) is 6.58. The normalized spacial score (nSPS) is 13.1. The molecule has 1 aromatic carbocycles. The van der Waals surface area contributed by atoms with Gasteiger partial charge in [0.15, 0.2) is 0 Å². The van der Waals surface area contributed by atoms with E-state index in [0.29, 0.717) is 0 Å². The first-order valence-corrected chi connectivity index (χ1v) is 5.85. The summed E-state index contributed by atoms with van der Waals surface area (Å²) in [6.07, 6.45) is 0.781. The van der Waals surface area contributed by atoms with Gasteiger partial charge in [0.1, 0.15) is 5.82 Å². The second-order valence-electron chi connectivity index (χ2n) is 4.98. The van der Waals surface area contributed by atoms with Gasteiger partial charge in [-0.05, 0) is 51.4 Å². The first-order valence-electron chi connectivity index (χ1n) is 5.85. The number of nitriles is 1. The molecule has 0 unspecified atom stereocenters. The van der Waals surface area contributed by atoms with E-state index in [1.165, 1.54) is 12.1 Å². The summed E-state index contributed by atoms with van der Waals surface area (Å²) in [5.74, 6) is -0.214. The average Bonchev–Trinajstić information content (AvgIpc) is 2.28. The molecule has 0 bridgehead atoms. The number of hydrogen-bond donors (Lipinski definition) is 1. The fraction of sp³-hybridized carbons (Fsp3) is 0.500. The summed E-state index contributed by atoms with van der Waals surface area (Å²) in [4.78, 5) is 0. The lowest BCUT2D eigenvalue weighted by Gasteiger charge is -2.18. The molecule has 3 heteroatoms. The minimum Gasteiger partial charge on any atom is -0.310 e. The van der Waals surface area contributed by atoms with Gasteiger partial charge < -0.3 is 5.32 Å². The van der Waals surface area contributed by atoms with Gasteiger partial charge in [0.2, 0.25) is 0 Å². The highest BCUT2D eigenvalue weighted by Gasteiger charge is 2.16. The van der Waals surface area contributed by atoms with Crippen molar-refractivity contribution < 1.29 is 4.39 Å². The Bertz CT molecular complexity index is 407. The molecule has 2 nitrogen and oxygen atoms in total. The lowest BCUT2D eigenvalue weighted by molar-refractivity contribution is 0.416. The third-order valence-electron chi connectivity index (χ3n) is 2.85. The van der Waals surface area contributed by atoms with Crippen LogP contribution in [-0.2, 0) is 0 Å². The lowest BCUT2D eigenvalue weighted by atomic mass is 9.91. The lowest BCUT2D eigenvalue weighted by Crippen LogP contribution is -2.24. The van der Waals surface area contributed by atoms with Gasteiger partial charge in [0.25, 0.3) is 0 Å². The smallest absolute Gasteiger partial charge is 0.123 e. The Kier molecular flexibility index (Phi) is 4.65. The number of halogens is 1. The molecule has 0 saturated carbocycles. The molecule has 1 aromatic rings. The minimum absolute atomic E-state index is 0.0974. The van der Waals surface area contributed by atoms with Crippen molar-refractivity contribution in [3.05, 3.63) is 35.6 Å². The maximum Gasteiger partial charge on any atom is 0.123 e. The first kappa shape index (κ1) is 13.7. The van der Waals surface area contributed by atoms with Gasteiger partial charge in [-0.1, -0.05) is 12.1 Å². The van der Waals surface area contributed by atoms with Crippen LogP contribution in [0.15, 0.2) is 24.3 Å². The van der Waals surface area contributed by atoms with Gasteiger partial charge >= 0.3 is 0 Å². The van der Waals surface area contributed by atoms with Gasteiger partial charge in [-0.15, -0.1) is 0 Å². The van der Waals surface area contributed by atoms with E-state index in [1.807, 2.05) is 26.8 Å². The van der Waals surface area contributed by atoms with E-state index in [4.69, 9.17) is 5.26 Å². The highest BCUT2D eigenvalue weighted by atomic mass is 19.1. The predicted molar refractivity (Wildman–Crippen MR) is 66.8 cm³/mol. The maximum atomic E-state index is 13.0. The molecule has 0 aliphatic heterocycles. The van der Waals surface area contributed by atoms with E-state index in [-0.39, 0.29) is 17.3 Å². The zero-order valence-corrected chi connectivity index (χ0v) is 10.6. The highest BCUT2D eigenvalue weighted by molar-refractivity contribution is 5.19. The number of rotatable bonds is 5. The van der Waals surface area contributed by atoms with Gasteiger partial charge in [-0.25, -0.2) is 4.39 Å². The number of hydrogen-bond acceptors (Lipinski definition) is 2. The fourth-order valence-corrected chi connectivity index (χ4v) is 1.55. The molecule has 0 aliphatic carbocycles. The molecule has 1 atom stereocenters. The predicted octanol–water partition coefficient (Wildman–Crippen LogP) is 3.42.